The molecule has 5 amide bonds. The zero-order valence-corrected chi connectivity index (χ0v) is 24.9. The van der Waals surface area contributed by atoms with Crippen LogP contribution in [0.25, 0.3) is 0 Å². The number of ketones is 2. The van der Waals surface area contributed by atoms with Crippen LogP contribution in [-0.4, -0.2) is 75.0 Å². The van der Waals surface area contributed by atoms with Gasteiger partial charge in [-0.2, -0.15) is 0 Å². The molecular weight excluding hydrogens is 546 g/mol. The van der Waals surface area contributed by atoms with Crippen LogP contribution >= 0.6 is 0 Å². The smallest absolute Gasteiger partial charge is 0.407 e. The van der Waals surface area contributed by atoms with Crippen LogP contribution in [0, 0.1) is 12.3 Å². The molecule has 1 saturated heterocycles. The molecule has 1 aliphatic rings. The fourth-order valence-electron chi connectivity index (χ4n) is 5.00. The molecule has 0 spiro atoms. The number of imide groups is 2. The average Bonchev–Trinajstić information content (AvgIpc) is 2.93. The Hall–Kier alpha value is -4.09. The number of Topliss-reactive ketones (excluding diaryl/α,β-unsaturated/α-hetero) is 2. The van der Waals surface area contributed by atoms with E-state index in [0.717, 1.165) is 11.1 Å². The van der Waals surface area contributed by atoms with E-state index < -0.39 is 53.2 Å². The number of amides is 5. The molecule has 2 N–H and O–H groups in total. The van der Waals surface area contributed by atoms with Crippen molar-refractivity contribution < 1.29 is 43.4 Å². The number of carboxylic acid groups (broad SMARTS) is 1. The lowest BCUT2D eigenvalue weighted by atomic mass is 9.76. The standard InChI is InChI=1S/C30H41N3O9/c1-6-30(7-2)26(38)32(23(21(5)35)16-13-20(4)34)29(41)33(27(30)39)24(25(36)37)10-8-9-17-31-28(40)42-18-22-14-11-19(3)12-15-22/h11-12,14-15,23-24H,6-10,13,16-18H2,1-5H3,(H,31,40)(H,36,37)/t23-,24?/m0/s1. The molecule has 0 radical (unpaired) electrons. The number of urea groups is 1. The number of carboxylic acids is 1. The number of alkyl carbamates (subject to hydrolysis) is 1. The zero-order valence-electron chi connectivity index (χ0n) is 24.9. The summed E-state index contributed by atoms with van der Waals surface area (Å²) in [5.41, 5.74) is 0.178. The normalized spacial score (nSPS) is 16.2. The van der Waals surface area contributed by atoms with Gasteiger partial charge in [0.1, 0.15) is 23.8 Å². The van der Waals surface area contributed by atoms with Crippen molar-refractivity contribution in [3.63, 3.8) is 0 Å². The highest BCUT2D eigenvalue weighted by Crippen LogP contribution is 2.39. The van der Waals surface area contributed by atoms with Crippen molar-refractivity contribution in [3.8, 4) is 0 Å². The number of nitrogens with zero attached hydrogens (tertiary/aromatic N) is 2. The molecule has 230 valence electrons. The number of carbonyl (C=O) groups excluding carboxylic acids is 6. The molecule has 1 heterocycles. The average molecular weight is 588 g/mol. The molecule has 12 heteroatoms. The van der Waals surface area contributed by atoms with E-state index in [9.17, 15) is 38.7 Å². The third-order valence-electron chi connectivity index (χ3n) is 7.69. The number of ether oxygens (including phenoxy) is 1. The van der Waals surface area contributed by atoms with Crippen molar-refractivity contribution in [2.45, 2.75) is 98.3 Å². The number of unbranched alkanes of at least 4 members (excludes halogenated alkanes) is 1. The molecule has 0 saturated carbocycles. The molecule has 1 aromatic rings. The molecule has 2 rings (SSSR count). The first-order valence-corrected chi connectivity index (χ1v) is 14.2. The molecular formula is C30H41N3O9. The molecule has 42 heavy (non-hydrogen) atoms. The Morgan fingerprint density at radius 1 is 0.905 bits per heavy atom. The number of carbonyl (C=O) groups is 7. The summed E-state index contributed by atoms with van der Waals surface area (Å²) in [5, 5.41) is 12.6. The zero-order chi connectivity index (χ0) is 31.6. The largest absolute Gasteiger partial charge is 0.480 e. The van der Waals surface area contributed by atoms with Crippen molar-refractivity contribution in [3.05, 3.63) is 35.4 Å². The number of hydrogen-bond acceptors (Lipinski definition) is 8. The SMILES string of the molecule is CCC1(CC)C(=O)N(C(CCCCNC(=O)OCc2ccc(C)cc2)C(=O)O)C(=O)N([C@@H](CCC(C)=O)C(C)=O)C1=O. The van der Waals surface area contributed by atoms with Gasteiger partial charge in [0, 0.05) is 13.0 Å². The first-order chi connectivity index (χ1) is 19.8. The number of benzene rings is 1. The van der Waals surface area contributed by atoms with Gasteiger partial charge < -0.3 is 20.0 Å². The first kappa shape index (κ1) is 34.1. The van der Waals surface area contributed by atoms with Gasteiger partial charge in [-0.05, 0) is 64.9 Å². The summed E-state index contributed by atoms with van der Waals surface area (Å²) < 4.78 is 5.18. The molecule has 1 aromatic carbocycles. The second kappa shape index (κ2) is 15.2. The number of aryl methyl sites for hydroxylation is 1. The Morgan fingerprint density at radius 3 is 1.98 bits per heavy atom. The van der Waals surface area contributed by atoms with Gasteiger partial charge in [-0.25, -0.2) is 19.3 Å². The summed E-state index contributed by atoms with van der Waals surface area (Å²) in [6, 6.07) is 3.40. The summed E-state index contributed by atoms with van der Waals surface area (Å²) in [7, 11) is 0. The van der Waals surface area contributed by atoms with Gasteiger partial charge >= 0.3 is 18.1 Å². The van der Waals surface area contributed by atoms with Crippen LogP contribution in [0.1, 0.15) is 83.8 Å². The quantitative estimate of drug-likeness (QED) is 0.216. The van der Waals surface area contributed by atoms with Crippen molar-refractivity contribution >= 4 is 41.5 Å². The second-order valence-corrected chi connectivity index (χ2v) is 10.6. The summed E-state index contributed by atoms with van der Waals surface area (Å²) in [6.45, 7) is 7.87. The van der Waals surface area contributed by atoms with Crippen LogP contribution in [0.3, 0.4) is 0 Å². The molecule has 0 bridgehead atoms. The third kappa shape index (κ3) is 8.01. The van der Waals surface area contributed by atoms with Crippen LogP contribution in [0.15, 0.2) is 24.3 Å². The summed E-state index contributed by atoms with van der Waals surface area (Å²) in [4.78, 5) is 90.7. The van der Waals surface area contributed by atoms with Crippen molar-refractivity contribution in [2.75, 3.05) is 6.54 Å². The Bertz CT molecular complexity index is 1190. The predicted molar refractivity (Wildman–Crippen MR) is 151 cm³/mol. The van der Waals surface area contributed by atoms with Crippen LogP contribution in [0.5, 0.6) is 0 Å². The van der Waals surface area contributed by atoms with E-state index in [0.29, 0.717) is 16.2 Å². The lowest BCUT2D eigenvalue weighted by molar-refractivity contribution is -0.168. The van der Waals surface area contributed by atoms with E-state index in [1.54, 1.807) is 13.8 Å². The van der Waals surface area contributed by atoms with Gasteiger partial charge in [0.15, 0.2) is 5.78 Å². The number of barbiturate groups is 1. The minimum Gasteiger partial charge on any atom is -0.480 e. The van der Waals surface area contributed by atoms with Gasteiger partial charge in [-0.15, -0.1) is 0 Å². The maximum absolute atomic E-state index is 13.6. The topological polar surface area (TPSA) is 167 Å². The fraction of sp³-hybridized carbons (Fsp3) is 0.567. The van der Waals surface area contributed by atoms with Crippen LogP contribution in [0.2, 0.25) is 0 Å². The minimum atomic E-state index is -1.73. The van der Waals surface area contributed by atoms with E-state index in [2.05, 4.69) is 5.32 Å². The van der Waals surface area contributed by atoms with Crippen molar-refractivity contribution in [1.29, 1.82) is 0 Å². The highest BCUT2D eigenvalue weighted by Gasteiger charge is 2.59. The lowest BCUT2D eigenvalue weighted by Gasteiger charge is -2.47. The van der Waals surface area contributed by atoms with Crippen LogP contribution < -0.4 is 5.32 Å². The molecule has 0 aliphatic carbocycles. The van der Waals surface area contributed by atoms with E-state index >= 15 is 0 Å². The number of aliphatic carboxylic acids is 1. The molecule has 12 nitrogen and oxygen atoms in total. The van der Waals surface area contributed by atoms with Gasteiger partial charge in [0.05, 0.1) is 6.04 Å². The highest BCUT2D eigenvalue weighted by molar-refractivity contribution is 6.21. The van der Waals surface area contributed by atoms with Gasteiger partial charge in [0.25, 0.3) is 0 Å². The molecule has 1 fully saturated rings. The molecule has 0 aromatic heterocycles. The molecule has 1 unspecified atom stereocenters. The highest BCUT2D eigenvalue weighted by atomic mass is 16.5. The maximum atomic E-state index is 13.6. The Labute approximate surface area is 245 Å². The van der Waals surface area contributed by atoms with E-state index in [1.807, 2.05) is 31.2 Å². The Morgan fingerprint density at radius 2 is 1.48 bits per heavy atom. The molecule has 2 atom stereocenters. The van der Waals surface area contributed by atoms with Gasteiger partial charge in [-0.1, -0.05) is 43.7 Å². The number of nitrogens with one attached hydrogen (secondary N) is 1. The lowest BCUT2D eigenvalue weighted by Crippen LogP contribution is -2.70. The number of rotatable bonds is 16. The Balaban J connectivity index is 2.14. The maximum Gasteiger partial charge on any atom is 0.407 e. The van der Waals surface area contributed by atoms with E-state index in [1.165, 1.54) is 13.8 Å². The van der Waals surface area contributed by atoms with Crippen LogP contribution in [-0.2, 0) is 35.3 Å². The predicted octanol–water partition coefficient (Wildman–Crippen LogP) is 3.77. The van der Waals surface area contributed by atoms with Gasteiger partial charge in [0.2, 0.25) is 11.8 Å². The second-order valence-electron chi connectivity index (χ2n) is 10.6. The molecule has 1 aliphatic heterocycles. The van der Waals surface area contributed by atoms with Crippen molar-refractivity contribution in [2.24, 2.45) is 5.41 Å². The van der Waals surface area contributed by atoms with E-state index in [-0.39, 0.29) is 57.5 Å². The third-order valence-corrected chi connectivity index (χ3v) is 7.69. The summed E-state index contributed by atoms with van der Waals surface area (Å²) in [5.74, 6) is -4.03. The summed E-state index contributed by atoms with van der Waals surface area (Å²) >= 11 is 0. The number of hydrogen-bond donors (Lipinski definition) is 2. The monoisotopic (exact) mass is 587 g/mol. The van der Waals surface area contributed by atoms with Gasteiger partial charge in [-0.3, -0.25) is 19.3 Å². The van der Waals surface area contributed by atoms with E-state index in [4.69, 9.17) is 4.74 Å². The Kier molecular flexibility index (Phi) is 12.4. The minimum absolute atomic E-state index is 0.0141. The van der Waals surface area contributed by atoms with Crippen LogP contribution in [0.4, 0.5) is 9.59 Å². The fourth-order valence-corrected chi connectivity index (χ4v) is 5.00. The van der Waals surface area contributed by atoms with Crippen molar-refractivity contribution in [1.82, 2.24) is 15.1 Å². The summed E-state index contributed by atoms with van der Waals surface area (Å²) in [6.07, 6.45) is -0.482. The first-order valence-electron chi connectivity index (χ1n) is 14.2.